The van der Waals surface area contributed by atoms with Crippen molar-refractivity contribution in [1.29, 1.82) is 0 Å². The minimum Gasteiger partial charge on any atom is -0.126 e. The van der Waals surface area contributed by atoms with Gasteiger partial charge in [0.2, 0.25) is 0 Å². The Hall–Kier alpha value is -1.48. The highest BCUT2D eigenvalue weighted by molar-refractivity contribution is 7.22. The van der Waals surface area contributed by atoms with E-state index in [0.717, 1.165) is 19.5 Å². The smallest absolute Gasteiger partial charge is 0.0785 e. The van der Waals surface area contributed by atoms with Crippen molar-refractivity contribution >= 4 is 22.7 Å². The van der Waals surface area contributed by atoms with E-state index in [-0.39, 0.29) is 0 Å². The Balaban J connectivity index is 2.41. The minimum absolute atomic E-state index is 0.843. The van der Waals surface area contributed by atoms with Crippen molar-refractivity contribution in [2.24, 2.45) is 0 Å². The van der Waals surface area contributed by atoms with Gasteiger partial charge in [0.25, 0.3) is 0 Å². The molecule has 0 saturated carbocycles. The maximum Gasteiger partial charge on any atom is 0.0785 e. The molecule has 0 saturated heterocycles. The van der Waals surface area contributed by atoms with Crippen LogP contribution in [0.3, 0.4) is 0 Å². The summed E-state index contributed by atoms with van der Waals surface area (Å²) in [7, 11) is 0. The first-order chi connectivity index (χ1) is 6.83. The van der Waals surface area contributed by atoms with Gasteiger partial charge in [-0.1, -0.05) is 5.92 Å². The normalized spacial score (nSPS) is 9.29. The zero-order valence-corrected chi connectivity index (χ0v) is 8.84. The highest BCUT2D eigenvalue weighted by Gasteiger charge is 2.03. The number of hydrogen-bond donors (Lipinski definition) is 0. The summed E-state index contributed by atoms with van der Waals surface area (Å²) in [6, 6.07) is 7.84. The first-order valence-corrected chi connectivity index (χ1v) is 5.56. The van der Waals surface area contributed by atoms with Crippen LogP contribution in [0.5, 0.6) is 0 Å². The number of terminal acetylenes is 1. The van der Waals surface area contributed by atoms with Gasteiger partial charge in [0.15, 0.2) is 0 Å². The molecule has 0 aliphatic heterocycles. The summed E-state index contributed by atoms with van der Waals surface area (Å²) in [5.41, 5.74) is 0. The van der Waals surface area contributed by atoms with Crippen molar-refractivity contribution in [3.05, 3.63) is 40.4 Å². The molecule has 0 bridgehead atoms. The maximum atomic E-state index is 6.99. The Morgan fingerprint density at radius 3 is 2.00 bits per heavy atom. The third-order valence-electron chi connectivity index (χ3n) is 1.72. The summed E-state index contributed by atoms with van der Waals surface area (Å²) in [6.07, 6.45) is 12.3. The van der Waals surface area contributed by atoms with E-state index in [1.807, 2.05) is 24.3 Å². The second-order valence-corrected chi connectivity index (χ2v) is 4.76. The monoisotopic (exact) mass is 213 g/mol. The second-order valence-electron chi connectivity index (χ2n) is 2.60. The van der Waals surface area contributed by atoms with Crippen LogP contribution in [0.2, 0.25) is 0 Å². The van der Waals surface area contributed by atoms with Gasteiger partial charge in [0, 0.05) is 9.75 Å². The van der Waals surface area contributed by atoms with E-state index >= 15 is 0 Å². The molecule has 2 heteroatoms. The van der Waals surface area contributed by atoms with Crippen molar-refractivity contribution < 1.29 is 0 Å². The quantitative estimate of drug-likeness (QED) is 0.637. The topological polar surface area (TPSA) is 0 Å². The average molecular weight is 213 g/mol. The van der Waals surface area contributed by atoms with Gasteiger partial charge in [-0.25, -0.2) is 0 Å². The van der Waals surface area contributed by atoms with E-state index in [4.69, 9.17) is 12.8 Å². The van der Waals surface area contributed by atoms with Gasteiger partial charge in [-0.15, -0.1) is 29.1 Å². The van der Waals surface area contributed by atoms with E-state index < -0.39 is 0 Å². The highest BCUT2D eigenvalue weighted by atomic mass is 32.1. The lowest BCUT2D eigenvalue weighted by atomic mass is 10.3. The molecule has 1 radical (unpaired) electrons. The molecule has 0 atom stereocenters. The summed E-state index contributed by atoms with van der Waals surface area (Å²) in [5, 5.41) is 0. The highest BCUT2D eigenvalue weighted by Crippen LogP contribution is 2.32. The Morgan fingerprint density at radius 1 is 1.00 bits per heavy atom. The molecule has 0 fully saturated rings. The molecule has 0 N–H and O–H groups in total. The first-order valence-electron chi connectivity index (χ1n) is 3.93. The van der Waals surface area contributed by atoms with Crippen molar-refractivity contribution in [1.82, 2.24) is 0 Å². The molecular weight excluding hydrogens is 208 g/mol. The van der Waals surface area contributed by atoms with E-state index in [9.17, 15) is 0 Å². The lowest BCUT2D eigenvalue weighted by molar-refractivity contribution is 1.89. The van der Waals surface area contributed by atoms with Crippen LogP contribution in [0.15, 0.2) is 24.3 Å². The Morgan fingerprint density at radius 2 is 1.57 bits per heavy atom. The van der Waals surface area contributed by atoms with E-state index in [0.29, 0.717) is 0 Å². The number of thiophene rings is 2. The SMILES string of the molecule is [C]#Cc1ccc(-c2ccc(C#C)s2)s1. The van der Waals surface area contributed by atoms with Crippen LogP contribution >= 0.6 is 22.7 Å². The second kappa shape index (κ2) is 3.72. The molecule has 0 unspecified atom stereocenters. The van der Waals surface area contributed by atoms with Gasteiger partial charge in [-0.05, 0) is 36.6 Å². The van der Waals surface area contributed by atoms with Gasteiger partial charge in [-0.2, -0.15) is 0 Å². The van der Waals surface area contributed by atoms with Crippen LogP contribution in [0.1, 0.15) is 9.75 Å². The Kier molecular flexibility index (Phi) is 2.41. The molecule has 2 rings (SSSR count). The predicted octanol–water partition coefficient (Wildman–Crippen LogP) is 3.40. The first kappa shape index (κ1) is 9.09. The van der Waals surface area contributed by atoms with E-state index in [1.165, 1.54) is 0 Å². The molecule has 2 aromatic heterocycles. The molecule has 0 spiro atoms. The van der Waals surface area contributed by atoms with Gasteiger partial charge in [0.1, 0.15) is 0 Å². The van der Waals surface area contributed by atoms with Crippen molar-refractivity contribution in [2.75, 3.05) is 0 Å². The standard InChI is InChI=1S/C12H5S2/c1-3-9-5-7-11(13-9)12-8-6-10(4-2)14-12/h1,5-8H. The number of rotatable bonds is 1. The third kappa shape index (κ3) is 1.59. The zero-order valence-electron chi connectivity index (χ0n) is 7.20. The molecule has 2 aromatic rings. The molecule has 0 nitrogen and oxygen atoms in total. The van der Waals surface area contributed by atoms with Crippen LogP contribution in [-0.2, 0) is 0 Å². The van der Waals surface area contributed by atoms with Crippen molar-refractivity contribution in [2.45, 2.75) is 0 Å². The average Bonchev–Trinajstić information content (AvgIpc) is 2.86. The molecule has 14 heavy (non-hydrogen) atoms. The van der Waals surface area contributed by atoms with Crippen LogP contribution in [-0.4, -0.2) is 0 Å². The largest absolute Gasteiger partial charge is 0.126 e. The fourth-order valence-corrected chi connectivity index (χ4v) is 2.80. The van der Waals surface area contributed by atoms with E-state index in [1.54, 1.807) is 22.7 Å². The van der Waals surface area contributed by atoms with E-state index in [2.05, 4.69) is 11.8 Å². The Bertz CT molecular complexity index is 479. The molecule has 2 heterocycles. The van der Waals surface area contributed by atoms with Gasteiger partial charge < -0.3 is 0 Å². The van der Waals surface area contributed by atoms with Crippen molar-refractivity contribution in [3.8, 4) is 28.0 Å². The van der Waals surface area contributed by atoms with Gasteiger partial charge >= 0.3 is 0 Å². The van der Waals surface area contributed by atoms with Crippen LogP contribution in [0.25, 0.3) is 9.75 Å². The lowest BCUT2D eigenvalue weighted by Crippen LogP contribution is -1.56. The van der Waals surface area contributed by atoms with Crippen LogP contribution in [0.4, 0.5) is 0 Å². The maximum absolute atomic E-state index is 6.99. The molecule has 0 aromatic carbocycles. The fraction of sp³-hybridized carbons (Fsp3) is 0. The summed E-state index contributed by atoms with van der Waals surface area (Å²) in [6.45, 7) is 0. The van der Waals surface area contributed by atoms with Crippen molar-refractivity contribution in [3.63, 3.8) is 0 Å². The predicted molar refractivity (Wildman–Crippen MR) is 61.8 cm³/mol. The minimum atomic E-state index is 0.843. The van der Waals surface area contributed by atoms with Crippen LogP contribution in [0, 0.1) is 24.7 Å². The fourth-order valence-electron chi connectivity index (χ4n) is 1.09. The molecular formula is C12H5S2. The van der Waals surface area contributed by atoms with Gasteiger partial charge in [-0.3, -0.25) is 0 Å². The summed E-state index contributed by atoms with van der Waals surface area (Å²) in [5.74, 6) is 4.98. The zero-order chi connectivity index (χ0) is 9.97. The molecule has 0 amide bonds. The number of hydrogen-bond acceptors (Lipinski definition) is 2. The Labute approximate surface area is 91.2 Å². The molecule has 65 valence electrons. The summed E-state index contributed by atoms with van der Waals surface area (Å²) in [4.78, 5) is 4.08. The third-order valence-corrected chi connectivity index (χ3v) is 3.93. The lowest BCUT2D eigenvalue weighted by Gasteiger charge is -1.86. The van der Waals surface area contributed by atoms with Crippen LogP contribution < -0.4 is 0 Å². The summed E-state index contributed by atoms with van der Waals surface area (Å²) >= 11 is 3.15. The summed E-state index contributed by atoms with van der Waals surface area (Å²) < 4.78 is 0. The molecule has 0 aliphatic rings. The van der Waals surface area contributed by atoms with Gasteiger partial charge in [0.05, 0.1) is 9.75 Å². The molecule has 0 aliphatic carbocycles.